The lowest BCUT2D eigenvalue weighted by molar-refractivity contribution is -0.154. The summed E-state index contributed by atoms with van der Waals surface area (Å²) in [6.07, 6.45) is 30.6. The highest BCUT2D eigenvalue weighted by Crippen LogP contribution is 2.11. The lowest BCUT2D eigenvalue weighted by Gasteiger charge is -2.15. The molecular weight excluding hydrogens is 424 g/mol. The molecule has 0 aromatic heterocycles. The fraction of sp³-hybridized carbons (Fsp3) is 0.833. The third-order valence-corrected chi connectivity index (χ3v) is 6.01. The molecule has 0 aliphatic heterocycles. The van der Waals surface area contributed by atoms with Crippen molar-refractivity contribution in [2.75, 3.05) is 19.8 Å². The molecule has 0 fully saturated rings. The summed E-state index contributed by atoms with van der Waals surface area (Å²) in [5.41, 5.74) is 0. The molecule has 0 saturated heterocycles. The van der Waals surface area contributed by atoms with Gasteiger partial charge >= 0.3 is 5.97 Å². The van der Waals surface area contributed by atoms with Gasteiger partial charge in [-0.25, -0.2) is 0 Å². The van der Waals surface area contributed by atoms with Crippen molar-refractivity contribution in [3.8, 4) is 0 Å². The molecule has 4 heteroatoms. The van der Waals surface area contributed by atoms with Crippen LogP contribution in [0.15, 0.2) is 24.3 Å². The van der Waals surface area contributed by atoms with Crippen LogP contribution >= 0.6 is 0 Å². The van der Waals surface area contributed by atoms with Crippen LogP contribution in [-0.2, 0) is 14.3 Å². The summed E-state index contributed by atoms with van der Waals surface area (Å²) in [7, 11) is 0. The van der Waals surface area contributed by atoms with E-state index in [0.717, 1.165) is 25.7 Å². The fourth-order valence-electron chi connectivity index (χ4n) is 3.83. The summed E-state index contributed by atoms with van der Waals surface area (Å²) in [4.78, 5) is 12.0. The second kappa shape index (κ2) is 28.1. The number of aliphatic hydroxyl groups is 1. The number of allylic oxidation sites excluding steroid dienone is 4. The lowest BCUT2D eigenvalue weighted by Crippen LogP contribution is -2.27. The summed E-state index contributed by atoms with van der Waals surface area (Å²) < 4.78 is 11.0. The molecule has 0 amide bonds. The maximum atomic E-state index is 12.0. The second-order valence-corrected chi connectivity index (χ2v) is 9.47. The van der Waals surface area contributed by atoms with Crippen LogP contribution in [0.1, 0.15) is 136 Å². The Morgan fingerprint density at radius 3 is 1.94 bits per heavy atom. The van der Waals surface area contributed by atoms with E-state index in [1.807, 2.05) is 0 Å². The zero-order valence-electron chi connectivity index (χ0n) is 22.6. The topological polar surface area (TPSA) is 55.8 Å². The summed E-state index contributed by atoms with van der Waals surface area (Å²) >= 11 is 0. The van der Waals surface area contributed by atoms with Crippen LogP contribution in [0.5, 0.6) is 0 Å². The van der Waals surface area contributed by atoms with E-state index in [2.05, 4.69) is 38.2 Å². The number of aliphatic hydroxyl groups excluding tert-OH is 1. The summed E-state index contributed by atoms with van der Waals surface area (Å²) in [5, 5.41) is 9.45. The van der Waals surface area contributed by atoms with Crippen molar-refractivity contribution in [2.24, 2.45) is 0 Å². The quantitative estimate of drug-likeness (QED) is 0.0766. The van der Waals surface area contributed by atoms with Gasteiger partial charge in [-0.3, -0.25) is 4.79 Å². The molecule has 0 bridgehead atoms. The van der Waals surface area contributed by atoms with Gasteiger partial charge in [-0.2, -0.15) is 0 Å². The van der Waals surface area contributed by atoms with Crippen LogP contribution in [0.2, 0.25) is 0 Å². The van der Waals surface area contributed by atoms with E-state index >= 15 is 0 Å². The molecule has 0 spiro atoms. The molecule has 1 unspecified atom stereocenters. The highest BCUT2D eigenvalue weighted by Gasteiger charge is 2.13. The van der Waals surface area contributed by atoms with Crippen LogP contribution in [0.3, 0.4) is 0 Å². The Balaban J connectivity index is 3.47. The second-order valence-electron chi connectivity index (χ2n) is 9.47. The van der Waals surface area contributed by atoms with Crippen LogP contribution in [0.25, 0.3) is 0 Å². The van der Waals surface area contributed by atoms with E-state index in [4.69, 9.17) is 9.47 Å². The van der Waals surface area contributed by atoms with Crippen molar-refractivity contribution in [3.05, 3.63) is 24.3 Å². The van der Waals surface area contributed by atoms with Crippen LogP contribution in [0, 0.1) is 0 Å². The predicted octanol–water partition coefficient (Wildman–Crippen LogP) is 8.47. The first kappa shape index (κ1) is 32.9. The number of hydrogen-bond acceptors (Lipinski definition) is 4. The van der Waals surface area contributed by atoms with Gasteiger partial charge in [0.2, 0.25) is 0 Å². The molecule has 0 aromatic carbocycles. The minimum Gasteiger partial charge on any atom is -0.457 e. The van der Waals surface area contributed by atoms with Crippen LogP contribution in [-0.4, -0.2) is 37.0 Å². The number of unbranched alkanes of at least 4 members (excludes halogenated alkanes) is 14. The number of hydrogen-bond donors (Lipinski definition) is 1. The van der Waals surface area contributed by atoms with Crippen LogP contribution in [0.4, 0.5) is 0 Å². The molecule has 0 aliphatic carbocycles. The maximum Gasteiger partial charge on any atom is 0.306 e. The average molecular weight is 481 g/mol. The largest absolute Gasteiger partial charge is 0.457 e. The van der Waals surface area contributed by atoms with E-state index in [0.29, 0.717) is 19.6 Å². The Morgan fingerprint density at radius 2 is 1.29 bits per heavy atom. The van der Waals surface area contributed by atoms with Crippen molar-refractivity contribution in [1.29, 1.82) is 0 Å². The molecule has 1 N–H and O–H groups in total. The van der Waals surface area contributed by atoms with E-state index < -0.39 is 6.10 Å². The van der Waals surface area contributed by atoms with Gasteiger partial charge in [-0.05, 0) is 38.5 Å². The minimum atomic E-state index is -0.531. The minimum absolute atomic E-state index is 0.174. The standard InChI is InChI=1S/C30H56O4/c1-3-5-7-9-11-13-14-15-16-17-18-20-22-24-26-33-28-29(27-31)34-30(32)25-23-21-19-12-10-8-6-4-2/h7,9,13-14,29,31H,3-6,8,10-12,15-28H2,1-2H3/b9-7-,14-13-. The molecule has 34 heavy (non-hydrogen) atoms. The molecule has 4 nitrogen and oxygen atoms in total. The van der Waals surface area contributed by atoms with Crippen molar-refractivity contribution in [3.63, 3.8) is 0 Å². The third-order valence-electron chi connectivity index (χ3n) is 6.01. The highest BCUT2D eigenvalue weighted by atomic mass is 16.6. The Labute approximate surface area is 211 Å². The van der Waals surface area contributed by atoms with Crippen molar-refractivity contribution < 1.29 is 19.4 Å². The van der Waals surface area contributed by atoms with E-state index in [1.165, 1.54) is 89.9 Å². The Morgan fingerprint density at radius 1 is 0.706 bits per heavy atom. The van der Waals surface area contributed by atoms with Gasteiger partial charge in [-0.15, -0.1) is 0 Å². The SMILES string of the molecule is CCC/C=C\C/C=C\CCCCCCCCOCC(CO)OC(=O)CCCCCCCCCC. The molecule has 0 heterocycles. The monoisotopic (exact) mass is 480 g/mol. The smallest absolute Gasteiger partial charge is 0.306 e. The molecule has 0 aliphatic rings. The third kappa shape index (κ3) is 25.5. The molecule has 1 atom stereocenters. The predicted molar refractivity (Wildman–Crippen MR) is 145 cm³/mol. The summed E-state index contributed by atoms with van der Waals surface area (Å²) in [5.74, 6) is -0.212. The molecule has 200 valence electrons. The van der Waals surface area contributed by atoms with Gasteiger partial charge < -0.3 is 14.6 Å². The fourth-order valence-corrected chi connectivity index (χ4v) is 3.83. The van der Waals surface area contributed by atoms with E-state index in [9.17, 15) is 9.90 Å². The Bertz CT molecular complexity index is 472. The number of ether oxygens (including phenoxy) is 2. The zero-order chi connectivity index (χ0) is 25.0. The average Bonchev–Trinajstić information content (AvgIpc) is 2.84. The lowest BCUT2D eigenvalue weighted by atomic mass is 10.1. The van der Waals surface area contributed by atoms with Gasteiger partial charge in [0.25, 0.3) is 0 Å². The summed E-state index contributed by atoms with van der Waals surface area (Å²) in [6.45, 7) is 5.22. The molecular formula is C30H56O4. The molecule has 0 radical (unpaired) electrons. The van der Waals surface area contributed by atoms with E-state index in [-0.39, 0.29) is 12.6 Å². The Hall–Kier alpha value is -1.13. The van der Waals surface area contributed by atoms with Crippen molar-refractivity contribution in [1.82, 2.24) is 0 Å². The van der Waals surface area contributed by atoms with Crippen molar-refractivity contribution >= 4 is 5.97 Å². The van der Waals surface area contributed by atoms with Gasteiger partial charge in [0.1, 0.15) is 6.10 Å². The van der Waals surface area contributed by atoms with Gasteiger partial charge in [0.05, 0.1) is 13.2 Å². The first-order valence-electron chi connectivity index (χ1n) is 14.4. The van der Waals surface area contributed by atoms with Crippen molar-refractivity contribution in [2.45, 2.75) is 142 Å². The molecule has 0 rings (SSSR count). The number of rotatable bonds is 26. The normalized spacial score (nSPS) is 12.7. The highest BCUT2D eigenvalue weighted by molar-refractivity contribution is 5.69. The molecule has 0 aromatic rings. The Kier molecular flexibility index (Phi) is 27.2. The summed E-state index contributed by atoms with van der Waals surface area (Å²) in [6, 6.07) is 0. The van der Waals surface area contributed by atoms with Crippen LogP contribution < -0.4 is 0 Å². The number of carbonyl (C=O) groups is 1. The zero-order valence-corrected chi connectivity index (χ0v) is 22.6. The first-order valence-corrected chi connectivity index (χ1v) is 14.4. The molecule has 0 saturated carbocycles. The van der Waals surface area contributed by atoms with Gasteiger partial charge in [-0.1, -0.05) is 115 Å². The van der Waals surface area contributed by atoms with Gasteiger partial charge in [0.15, 0.2) is 0 Å². The van der Waals surface area contributed by atoms with Gasteiger partial charge in [0, 0.05) is 13.0 Å². The number of carbonyl (C=O) groups excluding carboxylic acids is 1. The van der Waals surface area contributed by atoms with E-state index in [1.54, 1.807) is 0 Å². The first-order chi connectivity index (χ1) is 16.7. The number of esters is 1. The maximum absolute atomic E-state index is 12.0.